The summed E-state index contributed by atoms with van der Waals surface area (Å²) in [7, 11) is 0. The minimum atomic E-state index is -0.641. The first kappa shape index (κ1) is 17.7. The molecule has 2 N–H and O–H groups in total. The van der Waals surface area contributed by atoms with Crippen LogP contribution in [0.5, 0.6) is 0 Å². The first-order chi connectivity index (χ1) is 11.0. The van der Waals surface area contributed by atoms with E-state index >= 15 is 0 Å². The molecule has 0 aliphatic rings. The Labute approximate surface area is 147 Å². The Kier molecular flexibility index (Phi) is 6.32. The van der Waals surface area contributed by atoms with E-state index in [1.54, 1.807) is 31.2 Å². The number of nitrogens with one attached hydrogen (secondary N) is 2. The predicted molar refractivity (Wildman–Crippen MR) is 91.3 cm³/mol. The highest BCUT2D eigenvalue weighted by atomic mass is 35.5. The van der Waals surface area contributed by atoms with Crippen molar-refractivity contribution in [1.82, 2.24) is 15.5 Å². The van der Waals surface area contributed by atoms with Crippen molar-refractivity contribution in [2.45, 2.75) is 18.7 Å². The summed E-state index contributed by atoms with van der Waals surface area (Å²) in [6.45, 7) is 1.96. The smallest absolute Gasteiger partial charge is 0.252 e. The van der Waals surface area contributed by atoms with Gasteiger partial charge in [0.2, 0.25) is 11.0 Å². The zero-order chi connectivity index (χ0) is 16.8. The zero-order valence-corrected chi connectivity index (χ0v) is 14.5. The van der Waals surface area contributed by atoms with Crippen molar-refractivity contribution in [3.05, 3.63) is 39.9 Å². The van der Waals surface area contributed by atoms with E-state index in [1.807, 2.05) is 0 Å². The molecular formula is C14H14Cl2N4O2S. The molecule has 0 saturated carbocycles. The maximum absolute atomic E-state index is 12.0. The Bertz CT molecular complexity index is 706. The van der Waals surface area contributed by atoms with Crippen molar-refractivity contribution in [1.29, 1.82) is 0 Å². The third-order valence-electron chi connectivity index (χ3n) is 2.80. The summed E-state index contributed by atoms with van der Waals surface area (Å²) in [6, 6.07) is 6.83. The average Bonchev–Trinajstić information content (AvgIpc) is 2.95. The molecule has 1 aromatic heterocycles. The third kappa shape index (κ3) is 5.16. The highest BCUT2D eigenvalue weighted by Crippen LogP contribution is 2.17. The van der Waals surface area contributed by atoms with Gasteiger partial charge in [-0.2, -0.15) is 0 Å². The van der Waals surface area contributed by atoms with E-state index in [4.69, 9.17) is 23.2 Å². The van der Waals surface area contributed by atoms with Gasteiger partial charge >= 0.3 is 0 Å². The van der Waals surface area contributed by atoms with Crippen molar-refractivity contribution >= 4 is 51.5 Å². The number of alkyl halides is 1. The van der Waals surface area contributed by atoms with E-state index in [0.717, 1.165) is 0 Å². The molecule has 0 aliphatic heterocycles. The fraction of sp³-hybridized carbons (Fsp3) is 0.286. The maximum atomic E-state index is 12.0. The summed E-state index contributed by atoms with van der Waals surface area (Å²) < 4.78 is 0. The van der Waals surface area contributed by atoms with E-state index in [2.05, 4.69) is 20.8 Å². The molecule has 2 rings (SSSR count). The fourth-order valence-corrected chi connectivity index (χ4v) is 2.65. The number of carbonyl (C=O) groups excluding carboxylic acids is 2. The standard InChI is InChI=1S/C14H14Cl2N4O2S/c1-8(15)12(21)18-14-20-19-11(23-14)6-7-17-13(22)9-4-2-3-5-10(9)16/h2-5,8H,6-7H2,1H3,(H,17,22)(H,18,20,21)/t8-/m0/s1. The van der Waals surface area contributed by atoms with Crippen LogP contribution in [0.15, 0.2) is 24.3 Å². The van der Waals surface area contributed by atoms with Gasteiger partial charge in [-0.15, -0.1) is 21.8 Å². The molecule has 1 atom stereocenters. The van der Waals surface area contributed by atoms with Crippen LogP contribution in [0, 0.1) is 0 Å². The zero-order valence-electron chi connectivity index (χ0n) is 12.2. The number of nitrogens with zero attached hydrogens (tertiary/aromatic N) is 2. The Morgan fingerprint density at radius 2 is 2.04 bits per heavy atom. The number of halogens is 2. The van der Waals surface area contributed by atoms with Gasteiger partial charge in [0, 0.05) is 13.0 Å². The van der Waals surface area contributed by atoms with Crippen molar-refractivity contribution < 1.29 is 9.59 Å². The van der Waals surface area contributed by atoms with Crippen LogP contribution in [0.3, 0.4) is 0 Å². The fourth-order valence-electron chi connectivity index (χ4n) is 1.63. The molecule has 122 valence electrons. The molecular weight excluding hydrogens is 359 g/mol. The molecule has 6 nitrogen and oxygen atoms in total. The quantitative estimate of drug-likeness (QED) is 0.763. The summed E-state index contributed by atoms with van der Waals surface area (Å²) in [5.74, 6) is -0.578. The molecule has 0 fully saturated rings. The van der Waals surface area contributed by atoms with Crippen molar-refractivity contribution in [3.8, 4) is 0 Å². The van der Waals surface area contributed by atoms with E-state index in [1.165, 1.54) is 11.3 Å². The van der Waals surface area contributed by atoms with Gasteiger partial charge in [-0.05, 0) is 19.1 Å². The summed E-state index contributed by atoms with van der Waals surface area (Å²) >= 11 is 12.9. The Morgan fingerprint density at radius 1 is 1.30 bits per heavy atom. The molecule has 0 aliphatic carbocycles. The van der Waals surface area contributed by atoms with Crippen LogP contribution in [0.25, 0.3) is 0 Å². The van der Waals surface area contributed by atoms with Crippen LogP contribution in [-0.4, -0.2) is 33.9 Å². The predicted octanol–water partition coefficient (Wildman–Crippen LogP) is 2.73. The number of carbonyl (C=O) groups is 2. The minimum absolute atomic E-state index is 0.246. The lowest BCUT2D eigenvalue weighted by molar-refractivity contribution is -0.115. The Morgan fingerprint density at radius 3 is 2.74 bits per heavy atom. The van der Waals surface area contributed by atoms with Crippen LogP contribution < -0.4 is 10.6 Å². The number of benzene rings is 1. The molecule has 23 heavy (non-hydrogen) atoms. The van der Waals surface area contributed by atoms with Gasteiger partial charge in [0.05, 0.1) is 10.6 Å². The van der Waals surface area contributed by atoms with Crippen LogP contribution in [0.4, 0.5) is 5.13 Å². The lowest BCUT2D eigenvalue weighted by Gasteiger charge is -2.05. The summed E-state index contributed by atoms with van der Waals surface area (Å²) in [6.07, 6.45) is 0.500. The third-order valence-corrected chi connectivity index (χ3v) is 4.23. The monoisotopic (exact) mass is 372 g/mol. The lowest BCUT2D eigenvalue weighted by atomic mass is 10.2. The first-order valence-electron chi connectivity index (χ1n) is 6.77. The second-order valence-corrected chi connectivity index (χ2v) is 6.72. The molecule has 0 bridgehead atoms. The van der Waals surface area contributed by atoms with Crippen LogP contribution in [0.2, 0.25) is 5.02 Å². The summed E-state index contributed by atoms with van der Waals surface area (Å²) in [4.78, 5) is 23.4. The normalized spacial score (nSPS) is 11.8. The topological polar surface area (TPSA) is 84.0 Å². The van der Waals surface area contributed by atoms with Gasteiger partial charge in [-0.3, -0.25) is 14.9 Å². The SMILES string of the molecule is C[C@H](Cl)C(=O)Nc1nnc(CCNC(=O)c2ccccc2Cl)s1. The molecule has 9 heteroatoms. The molecule has 2 aromatic rings. The molecule has 2 amide bonds. The minimum Gasteiger partial charge on any atom is -0.352 e. The molecule has 0 radical (unpaired) electrons. The van der Waals surface area contributed by atoms with E-state index in [9.17, 15) is 9.59 Å². The Balaban J connectivity index is 1.83. The Hall–Kier alpha value is -1.70. The molecule has 0 unspecified atom stereocenters. The number of hydrogen-bond donors (Lipinski definition) is 2. The highest BCUT2D eigenvalue weighted by molar-refractivity contribution is 7.15. The number of rotatable bonds is 6. The number of aromatic nitrogens is 2. The van der Waals surface area contributed by atoms with Gasteiger partial charge in [0.25, 0.3) is 5.91 Å². The van der Waals surface area contributed by atoms with Crippen LogP contribution in [0.1, 0.15) is 22.3 Å². The second-order valence-electron chi connectivity index (χ2n) is 4.59. The van der Waals surface area contributed by atoms with Crippen molar-refractivity contribution in [2.75, 3.05) is 11.9 Å². The second kappa shape index (κ2) is 8.24. The van der Waals surface area contributed by atoms with Crippen molar-refractivity contribution in [3.63, 3.8) is 0 Å². The van der Waals surface area contributed by atoms with Gasteiger partial charge in [-0.25, -0.2) is 0 Å². The number of anilines is 1. The number of hydrogen-bond acceptors (Lipinski definition) is 5. The van der Waals surface area contributed by atoms with Gasteiger partial charge < -0.3 is 5.32 Å². The van der Waals surface area contributed by atoms with Gasteiger partial charge in [0.1, 0.15) is 10.4 Å². The highest BCUT2D eigenvalue weighted by Gasteiger charge is 2.13. The van der Waals surface area contributed by atoms with Gasteiger partial charge in [0.15, 0.2) is 0 Å². The molecule has 1 aromatic carbocycles. The first-order valence-corrected chi connectivity index (χ1v) is 8.40. The average molecular weight is 373 g/mol. The van der Waals surface area contributed by atoms with Crippen molar-refractivity contribution in [2.24, 2.45) is 0 Å². The van der Waals surface area contributed by atoms with Gasteiger partial charge in [-0.1, -0.05) is 35.1 Å². The maximum Gasteiger partial charge on any atom is 0.252 e. The molecule has 0 saturated heterocycles. The molecule has 1 heterocycles. The van der Waals surface area contributed by atoms with Crippen LogP contribution >= 0.6 is 34.5 Å². The molecule has 0 spiro atoms. The van der Waals surface area contributed by atoms with E-state index < -0.39 is 5.38 Å². The van der Waals surface area contributed by atoms with E-state index in [-0.39, 0.29) is 11.8 Å². The summed E-state index contributed by atoms with van der Waals surface area (Å²) in [5.41, 5.74) is 0.426. The van der Waals surface area contributed by atoms with E-state index in [0.29, 0.717) is 33.7 Å². The largest absolute Gasteiger partial charge is 0.352 e. The van der Waals surface area contributed by atoms with Crippen LogP contribution in [-0.2, 0) is 11.2 Å². The number of amides is 2. The summed E-state index contributed by atoms with van der Waals surface area (Å²) in [5, 5.41) is 14.0. The lowest BCUT2D eigenvalue weighted by Crippen LogP contribution is -2.25.